The summed E-state index contributed by atoms with van der Waals surface area (Å²) in [5.74, 6) is -0.768. The highest BCUT2D eigenvalue weighted by Gasteiger charge is 2.31. The highest BCUT2D eigenvalue weighted by molar-refractivity contribution is 7.13. The predicted molar refractivity (Wildman–Crippen MR) is 94.0 cm³/mol. The maximum absolute atomic E-state index is 11.2. The number of hydrogen-bond acceptors (Lipinski definition) is 5. The summed E-state index contributed by atoms with van der Waals surface area (Å²) in [7, 11) is 1.48. The Morgan fingerprint density at radius 3 is 2.79 bits per heavy atom. The summed E-state index contributed by atoms with van der Waals surface area (Å²) in [6.07, 6.45) is 0.998. The monoisotopic (exact) mass is 346 g/mol. The molecule has 6 heteroatoms. The zero-order valence-corrected chi connectivity index (χ0v) is 14.5. The standard InChI is InChI=1S/C18H22N2O3S/c1-23-17(18(21)22)13-7-9-20(10-8-13)12-14-4-2-5-15(19-14)16-6-3-11-24-16/h2-6,11,13,17H,7-10,12H2,1H3,(H,21,22). The number of methoxy groups -OCH3 is 1. The molecular weight excluding hydrogens is 324 g/mol. The third-order valence-corrected chi connectivity index (χ3v) is 5.42. The average molecular weight is 346 g/mol. The second-order valence-corrected chi connectivity index (χ2v) is 7.05. The van der Waals surface area contributed by atoms with Crippen molar-refractivity contribution in [2.45, 2.75) is 25.5 Å². The molecule has 0 saturated carbocycles. The van der Waals surface area contributed by atoms with Crippen LogP contribution in [0.2, 0.25) is 0 Å². The van der Waals surface area contributed by atoms with Gasteiger partial charge in [0.25, 0.3) is 0 Å². The lowest BCUT2D eigenvalue weighted by Crippen LogP contribution is -2.41. The number of carbonyl (C=O) groups is 1. The fourth-order valence-corrected chi connectivity index (χ4v) is 3.96. The number of carboxylic acid groups (broad SMARTS) is 1. The predicted octanol–water partition coefficient (Wildman–Crippen LogP) is 3.12. The van der Waals surface area contributed by atoms with Crippen LogP contribution in [-0.4, -0.2) is 47.3 Å². The van der Waals surface area contributed by atoms with Crippen molar-refractivity contribution in [3.05, 3.63) is 41.4 Å². The smallest absolute Gasteiger partial charge is 0.333 e. The number of aromatic nitrogens is 1. The molecule has 0 radical (unpaired) electrons. The molecule has 5 nitrogen and oxygen atoms in total. The molecule has 1 fully saturated rings. The molecule has 1 N–H and O–H groups in total. The van der Waals surface area contributed by atoms with Gasteiger partial charge in [0.05, 0.1) is 16.3 Å². The van der Waals surface area contributed by atoms with Gasteiger partial charge in [0.15, 0.2) is 6.10 Å². The van der Waals surface area contributed by atoms with E-state index in [1.807, 2.05) is 12.1 Å². The molecule has 3 rings (SSSR count). The van der Waals surface area contributed by atoms with Crippen LogP contribution in [0.5, 0.6) is 0 Å². The lowest BCUT2D eigenvalue weighted by atomic mass is 9.91. The summed E-state index contributed by atoms with van der Waals surface area (Å²) in [5, 5.41) is 11.3. The number of rotatable bonds is 6. The normalized spacial score (nSPS) is 17.7. The van der Waals surface area contributed by atoms with Gasteiger partial charge in [0.2, 0.25) is 0 Å². The molecular formula is C18H22N2O3S. The van der Waals surface area contributed by atoms with Gasteiger partial charge in [-0.3, -0.25) is 9.88 Å². The Morgan fingerprint density at radius 1 is 1.38 bits per heavy atom. The van der Waals surface area contributed by atoms with Crippen LogP contribution in [0.4, 0.5) is 0 Å². The minimum absolute atomic E-state index is 0.0918. The number of nitrogens with zero attached hydrogens (tertiary/aromatic N) is 2. The Balaban J connectivity index is 1.59. The number of pyridine rings is 1. The van der Waals surface area contributed by atoms with Crippen molar-refractivity contribution in [1.82, 2.24) is 9.88 Å². The van der Waals surface area contributed by atoms with Crippen molar-refractivity contribution in [1.29, 1.82) is 0 Å². The number of piperidine rings is 1. The summed E-state index contributed by atoms with van der Waals surface area (Å²) in [6.45, 7) is 2.56. The van der Waals surface area contributed by atoms with Crippen molar-refractivity contribution in [3.8, 4) is 10.6 Å². The van der Waals surface area contributed by atoms with Gasteiger partial charge in [-0.1, -0.05) is 12.1 Å². The van der Waals surface area contributed by atoms with E-state index < -0.39 is 12.1 Å². The van der Waals surface area contributed by atoms with Crippen molar-refractivity contribution in [2.24, 2.45) is 5.92 Å². The quantitative estimate of drug-likeness (QED) is 0.871. The SMILES string of the molecule is COC(C(=O)O)C1CCN(Cc2cccc(-c3cccs3)n2)CC1. The van der Waals surface area contributed by atoms with E-state index in [9.17, 15) is 9.90 Å². The van der Waals surface area contributed by atoms with E-state index in [0.29, 0.717) is 0 Å². The van der Waals surface area contributed by atoms with Crippen molar-refractivity contribution in [2.75, 3.05) is 20.2 Å². The van der Waals surface area contributed by atoms with Gasteiger partial charge in [-0.2, -0.15) is 0 Å². The molecule has 1 aliphatic heterocycles. The van der Waals surface area contributed by atoms with E-state index in [-0.39, 0.29) is 5.92 Å². The van der Waals surface area contributed by atoms with Gasteiger partial charge >= 0.3 is 5.97 Å². The maximum atomic E-state index is 11.2. The molecule has 128 valence electrons. The third kappa shape index (κ3) is 4.01. The molecule has 0 amide bonds. The zero-order valence-electron chi connectivity index (χ0n) is 13.7. The van der Waals surface area contributed by atoms with Crippen molar-refractivity contribution < 1.29 is 14.6 Å². The molecule has 1 atom stereocenters. The third-order valence-electron chi connectivity index (χ3n) is 4.52. The largest absolute Gasteiger partial charge is 0.479 e. The van der Waals surface area contributed by atoms with Crippen LogP contribution in [0.15, 0.2) is 35.7 Å². The molecule has 2 aromatic heterocycles. The topological polar surface area (TPSA) is 62.7 Å². The zero-order chi connectivity index (χ0) is 16.9. The van der Waals surface area contributed by atoms with Gasteiger partial charge < -0.3 is 9.84 Å². The Labute approximate surface area is 145 Å². The number of carboxylic acids is 1. The van der Waals surface area contributed by atoms with E-state index in [2.05, 4.69) is 28.5 Å². The van der Waals surface area contributed by atoms with Crippen LogP contribution in [0.1, 0.15) is 18.5 Å². The maximum Gasteiger partial charge on any atom is 0.333 e. The fourth-order valence-electron chi connectivity index (χ4n) is 3.27. The van der Waals surface area contributed by atoms with Crippen LogP contribution in [-0.2, 0) is 16.1 Å². The molecule has 0 bridgehead atoms. The average Bonchev–Trinajstić information content (AvgIpc) is 3.12. The molecule has 3 heterocycles. The highest BCUT2D eigenvalue weighted by atomic mass is 32.1. The van der Waals surface area contributed by atoms with Crippen LogP contribution in [0.25, 0.3) is 10.6 Å². The van der Waals surface area contributed by atoms with Gasteiger partial charge in [0.1, 0.15) is 0 Å². The minimum atomic E-state index is -0.860. The summed E-state index contributed by atoms with van der Waals surface area (Å²) in [6, 6.07) is 10.3. The van der Waals surface area contributed by atoms with E-state index in [4.69, 9.17) is 9.72 Å². The molecule has 0 aliphatic carbocycles. The molecule has 0 aromatic carbocycles. The molecule has 1 aliphatic rings. The van der Waals surface area contributed by atoms with Gasteiger partial charge in [-0.25, -0.2) is 4.79 Å². The first kappa shape index (κ1) is 17.1. The van der Waals surface area contributed by atoms with E-state index in [1.165, 1.54) is 12.0 Å². The molecule has 2 aromatic rings. The van der Waals surface area contributed by atoms with Crippen LogP contribution < -0.4 is 0 Å². The number of aliphatic carboxylic acids is 1. The Morgan fingerprint density at radius 2 is 2.17 bits per heavy atom. The van der Waals surface area contributed by atoms with E-state index in [1.54, 1.807) is 11.3 Å². The highest BCUT2D eigenvalue weighted by Crippen LogP contribution is 2.25. The lowest BCUT2D eigenvalue weighted by Gasteiger charge is -2.33. The van der Waals surface area contributed by atoms with Crippen LogP contribution in [0, 0.1) is 5.92 Å². The first-order chi connectivity index (χ1) is 11.7. The lowest BCUT2D eigenvalue weighted by molar-refractivity contribution is -0.153. The summed E-state index contributed by atoms with van der Waals surface area (Å²) < 4.78 is 5.13. The van der Waals surface area contributed by atoms with Crippen molar-refractivity contribution >= 4 is 17.3 Å². The summed E-state index contributed by atoms with van der Waals surface area (Å²) >= 11 is 1.69. The number of likely N-dealkylation sites (tertiary alicyclic amines) is 1. The van der Waals surface area contributed by atoms with Gasteiger partial charge in [0, 0.05) is 13.7 Å². The first-order valence-electron chi connectivity index (χ1n) is 8.15. The Hall–Kier alpha value is -1.76. The Kier molecular flexibility index (Phi) is 5.60. The number of thiophene rings is 1. The number of ether oxygens (including phenoxy) is 1. The van der Waals surface area contributed by atoms with Gasteiger partial charge in [-0.05, 0) is 55.4 Å². The van der Waals surface area contributed by atoms with E-state index >= 15 is 0 Å². The second kappa shape index (κ2) is 7.88. The molecule has 0 spiro atoms. The van der Waals surface area contributed by atoms with Crippen molar-refractivity contribution in [3.63, 3.8) is 0 Å². The fraction of sp³-hybridized carbons (Fsp3) is 0.444. The first-order valence-corrected chi connectivity index (χ1v) is 9.03. The minimum Gasteiger partial charge on any atom is -0.479 e. The number of hydrogen-bond donors (Lipinski definition) is 1. The summed E-state index contributed by atoms with van der Waals surface area (Å²) in [4.78, 5) is 19.5. The van der Waals surface area contributed by atoms with Crippen LogP contribution in [0.3, 0.4) is 0 Å². The second-order valence-electron chi connectivity index (χ2n) is 6.10. The molecule has 1 unspecified atom stereocenters. The molecule has 24 heavy (non-hydrogen) atoms. The molecule has 1 saturated heterocycles. The Bertz CT molecular complexity index is 667. The van der Waals surface area contributed by atoms with Gasteiger partial charge in [-0.15, -0.1) is 11.3 Å². The summed E-state index contributed by atoms with van der Waals surface area (Å²) in [5.41, 5.74) is 2.07. The van der Waals surface area contributed by atoms with E-state index in [0.717, 1.165) is 43.9 Å². The van der Waals surface area contributed by atoms with Crippen LogP contribution >= 0.6 is 11.3 Å².